The van der Waals surface area contributed by atoms with Crippen LogP contribution in [-0.2, 0) is 26.2 Å². The topological polar surface area (TPSA) is 127 Å². The third-order valence-electron chi connectivity index (χ3n) is 2.88. The Balaban J connectivity index is 1.88. The van der Waals surface area contributed by atoms with Crippen LogP contribution in [-0.4, -0.2) is 27.3 Å². The molecule has 0 aliphatic rings. The zero-order valence-electron chi connectivity index (χ0n) is 12.6. The zero-order chi connectivity index (χ0) is 17.6. The molecular weight excluding hydrogens is 338 g/mol. The van der Waals surface area contributed by atoms with E-state index in [4.69, 9.17) is 9.15 Å². The fraction of sp³-hybridized carbons (Fsp3) is 0.143. The van der Waals surface area contributed by atoms with Gasteiger partial charge in [0.25, 0.3) is 10.0 Å². The molecule has 0 fully saturated rings. The van der Waals surface area contributed by atoms with Crippen molar-refractivity contribution >= 4 is 21.8 Å². The van der Waals surface area contributed by atoms with E-state index in [1.807, 2.05) is 10.3 Å². The lowest BCUT2D eigenvalue weighted by Crippen LogP contribution is -2.48. The van der Waals surface area contributed by atoms with E-state index in [0.717, 1.165) is 0 Å². The second-order valence-electron chi connectivity index (χ2n) is 4.50. The van der Waals surface area contributed by atoms with Crippen molar-refractivity contribution in [2.75, 3.05) is 7.11 Å². The number of hydrazine groups is 1. The summed E-state index contributed by atoms with van der Waals surface area (Å²) in [5.41, 5.74) is 1.83. The summed E-state index contributed by atoms with van der Waals surface area (Å²) in [5, 5.41) is 2.28. The van der Waals surface area contributed by atoms with Crippen molar-refractivity contribution in [1.29, 1.82) is 0 Å². The smallest absolute Gasteiger partial charge is 0.324 e. The Morgan fingerprint density at radius 2 is 1.83 bits per heavy atom. The minimum absolute atomic E-state index is 0.00445. The van der Waals surface area contributed by atoms with Gasteiger partial charge in [-0.2, -0.15) is 0 Å². The minimum atomic E-state index is -4.01. The van der Waals surface area contributed by atoms with Gasteiger partial charge >= 0.3 is 11.8 Å². The monoisotopic (exact) mass is 353 g/mol. The van der Waals surface area contributed by atoms with Gasteiger partial charge in [-0.25, -0.2) is 8.42 Å². The maximum Gasteiger partial charge on any atom is 0.324 e. The number of ether oxygens (including phenoxy) is 1. The van der Waals surface area contributed by atoms with Crippen molar-refractivity contribution in [2.24, 2.45) is 0 Å². The molecule has 2 amide bonds. The lowest BCUT2D eigenvalue weighted by Gasteiger charge is -2.09. The number of hydrogen-bond donors (Lipinski definition) is 3. The second kappa shape index (κ2) is 7.62. The summed E-state index contributed by atoms with van der Waals surface area (Å²) in [5.74, 6) is -1.23. The molecule has 24 heavy (non-hydrogen) atoms. The fourth-order valence-corrected chi connectivity index (χ4v) is 2.48. The van der Waals surface area contributed by atoms with Crippen molar-refractivity contribution in [3.05, 3.63) is 48.4 Å². The summed E-state index contributed by atoms with van der Waals surface area (Å²) in [4.78, 5) is 24.9. The molecule has 0 aliphatic heterocycles. The molecule has 0 saturated heterocycles. The van der Waals surface area contributed by atoms with Gasteiger partial charge in [-0.05, 0) is 36.4 Å². The molecule has 0 spiro atoms. The number of sulfonamides is 1. The molecule has 2 rings (SSSR count). The Hall–Kier alpha value is -2.85. The highest BCUT2D eigenvalue weighted by Crippen LogP contribution is 2.14. The first-order valence-corrected chi connectivity index (χ1v) is 8.17. The van der Waals surface area contributed by atoms with Gasteiger partial charge in [-0.3, -0.25) is 15.0 Å². The molecule has 1 aromatic heterocycles. The molecule has 0 aliphatic carbocycles. The van der Waals surface area contributed by atoms with Gasteiger partial charge in [0.15, 0.2) is 0 Å². The van der Waals surface area contributed by atoms with E-state index in [2.05, 4.69) is 5.32 Å². The number of benzene rings is 1. The van der Waals surface area contributed by atoms with Crippen LogP contribution in [0.15, 0.2) is 52.0 Å². The molecule has 0 saturated carbocycles. The van der Waals surface area contributed by atoms with Crippen LogP contribution >= 0.6 is 0 Å². The third kappa shape index (κ3) is 4.57. The Labute approximate surface area is 138 Å². The van der Waals surface area contributed by atoms with Crippen LogP contribution in [0.3, 0.4) is 0 Å². The highest BCUT2D eigenvalue weighted by molar-refractivity contribution is 7.89. The first-order valence-electron chi connectivity index (χ1n) is 6.69. The van der Waals surface area contributed by atoms with E-state index >= 15 is 0 Å². The lowest BCUT2D eigenvalue weighted by atomic mass is 10.3. The van der Waals surface area contributed by atoms with E-state index in [0.29, 0.717) is 11.5 Å². The van der Waals surface area contributed by atoms with Crippen LogP contribution < -0.4 is 20.3 Å². The van der Waals surface area contributed by atoms with E-state index in [1.54, 1.807) is 12.1 Å². The van der Waals surface area contributed by atoms with Crippen LogP contribution in [0, 0.1) is 0 Å². The van der Waals surface area contributed by atoms with Crippen LogP contribution in [0.4, 0.5) is 0 Å². The maximum atomic E-state index is 12.0. The summed E-state index contributed by atoms with van der Waals surface area (Å²) in [6, 6.07) is 8.74. The van der Waals surface area contributed by atoms with E-state index in [9.17, 15) is 18.0 Å². The Kier molecular flexibility index (Phi) is 5.55. The normalized spacial score (nSPS) is 10.9. The summed E-state index contributed by atoms with van der Waals surface area (Å²) < 4.78 is 33.9. The highest BCUT2D eigenvalue weighted by Gasteiger charge is 2.19. The fourth-order valence-electron chi connectivity index (χ4n) is 1.64. The zero-order valence-corrected chi connectivity index (χ0v) is 13.4. The predicted octanol–water partition coefficient (Wildman–Crippen LogP) is -0.0859. The molecule has 0 radical (unpaired) electrons. The summed E-state index contributed by atoms with van der Waals surface area (Å²) >= 11 is 0. The summed E-state index contributed by atoms with van der Waals surface area (Å²) in [6.45, 7) is 0.00445. The van der Waals surface area contributed by atoms with Crippen LogP contribution in [0.1, 0.15) is 5.76 Å². The Bertz CT molecular complexity index is 800. The minimum Gasteiger partial charge on any atom is -0.497 e. The average molecular weight is 353 g/mol. The number of nitrogens with one attached hydrogen (secondary N) is 3. The second-order valence-corrected chi connectivity index (χ2v) is 6.18. The first kappa shape index (κ1) is 17.5. The van der Waals surface area contributed by atoms with Crippen LogP contribution in [0.25, 0.3) is 0 Å². The predicted molar refractivity (Wildman–Crippen MR) is 82.0 cm³/mol. The number of carbonyl (C=O) groups is 2. The molecule has 0 atom stereocenters. The molecule has 0 unspecified atom stereocenters. The Morgan fingerprint density at radius 3 is 2.42 bits per heavy atom. The molecule has 128 valence electrons. The molecule has 10 heteroatoms. The van der Waals surface area contributed by atoms with Crippen molar-refractivity contribution in [3.63, 3.8) is 0 Å². The van der Waals surface area contributed by atoms with E-state index in [1.165, 1.54) is 37.6 Å². The van der Waals surface area contributed by atoms with E-state index in [-0.39, 0.29) is 11.4 Å². The molecular formula is C14H15N3O6S. The number of amides is 2. The Morgan fingerprint density at radius 1 is 1.12 bits per heavy atom. The molecule has 0 bridgehead atoms. The SMILES string of the molecule is COc1ccc(S(=O)(=O)NNC(=O)C(=O)NCc2ccco2)cc1. The van der Waals surface area contributed by atoms with Gasteiger partial charge in [-0.1, -0.05) is 0 Å². The number of rotatable bonds is 6. The molecule has 3 N–H and O–H groups in total. The number of methoxy groups -OCH3 is 1. The van der Waals surface area contributed by atoms with Gasteiger partial charge in [0.1, 0.15) is 11.5 Å². The van der Waals surface area contributed by atoms with Crippen molar-refractivity contribution in [3.8, 4) is 5.75 Å². The van der Waals surface area contributed by atoms with Gasteiger partial charge < -0.3 is 14.5 Å². The van der Waals surface area contributed by atoms with Crippen LogP contribution in [0.2, 0.25) is 0 Å². The van der Waals surface area contributed by atoms with Crippen molar-refractivity contribution < 1.29 is 27.2 Å². The number of hydrogen-bond acceptors (Lipinski definition) is 6. The lowest BCUT2D eigenvalue weighted by molar-refractivity contribution is -0.139. The summed E-state index contributed by atoms with van der Waals surface area (Å²) in [6.07, 6.45) is 1.42. The first-order chi connectivity index (χ1) is 11.4. The quantitative estimate of drug-likeness (QED) is 0.492. The highest BCUT2D eigenvalue weighted by atomic mass is 32.2. The van der Waals surface area contributed by atoms with Gasteiger partial charge in [0, 0.05) is 0 Å². The average Bonchev–Trinajstić information content (AvgIpc) is 3.11. The standard InChI is InChI=1S/C14H15N3O6S/c1-22-10-4-6-12(7-5-10)24(20,21)17-16-14(19)13(18)15-9-11-3-2-8-23-11/h2-8,17H,9H2,1H3,(H,15,18)(H,16,19). The third-order valence-corrected chi connectivity index (χ3v) is 4.14. The molecule has 2 aromatic rings. The number of carbonyl (C=O) groups excluding carboxylic acids is 2. The number of furan rings is 1. The molecule has 1 aromatic carbocycles. The van der Waals surface area contributed by atoms with Gasteiger partial charge in [-0.15, -0.1) is 4.83 Å². The maximum absolute atomic E-state index is 12.0. The molecule has 9 nitrogen and oxygen atoms in total. The molecule has 1 heterocycles. The largest absolute Gasteiger partial charge is 0.497 e. The van der Waals surface area contributed by atoms with Crippen LogP contribution in [0.5, 0.6) is 5.75 Å². The van der Waals surface area contributed by atoms with Crippen molar-refractivity contribution in [2.45, 2.75) is 11.4 Å². The van der Waals surface area contributed by atoms with E-state index < -0.39 is 21.8 Å². The van der Waals surface area contributed by atoms with Crippen molar-refractivity contribution in [1.82, 2.24) is 15.6 Å². The van der Waals surface area contributed by atoms with Gasteiger partial charge in [0.05, 0.1) is 24.8 Å². The summed E-state index contributed by atoms with van der Waals surface area (Å²) in [7, 11) is -2.56. The van der Waals surface area contributed by atoms with Gasteiger partial charge in [0.2, 0.25) is 0 Å².